The number of aryl methyl sites for hydroxylation is 1. The minimum absolute atomic E-state index is 0.364. The molecule has 0 amide bonds. The largest absolute Gasteiger partial charge is 0.461 e. The molecule has 4 nitrogen and oxygen atoms in total. The molecule has 0 fully saturated rings. The van der Waals surface area contributed by atoms with Crippen LogP contribution in [0.15, 0.2) is 30.5 Å². The van der Waals surface area contributed by atoms with Gasteiger partial charge in [-0.15, -0.1) is 0 Å². The zero-order valence-corrected chi connectivity index (χ0v) is 12.9. The zero-order chi connectivity index (χ0) is 15.2. The molecule has 0 spiro atoms. The maximum atomic E-state index is 11.7. The summed E-state index contributed by atoms with van der Waals surface area (Å²) in [6.07, 6.45) is 3.93. The Kier molecular flexibility index (Phi) is 5.28. The molecule has 0 atom stereocenters. The predicted octanol–water partition coefficient (Wildman–Crippen LogP) is 2.91. The lowest BCUT2D eigenvalue weighted by Crippen LogP contribution is -2.13. The molecule has 21 heavy (non-hydrogen) atoms. The number of ether oxygens (including phenoxy) is 1. The number of pyridine rings is 1. The van der Waals surface area contributed by atoms with E-state index in [-0.39, 0.29) is 5.97 Å². The van der Waals surface area contributed by atoms with Crippen LogP contribution in [0.2, 0.25) is 0 Å². The number of hydrogen-bond acceptors (Lipinski definition) is 4. The van der Waals surface area contributed by atoms with Crippen LogP contribution < -0.4 is 0 Å². The molecule has 0 aliphatic rings. The van der Waals surface area contributed by atoms with Gasteiger partial charge < -0.3 is 9.64 Å². The Hall–Kier alpha value is -1.94. The predicted molar refractivity (Wildman–Crippen MR) is 84.6 cm³/mol. The monoisotopic (exact) mass is 286 g/mol. The molecule has 0 saturated heterocycles. The minimum atomic E-state index is -0.366. The number of carbonyl (C=O) groups excluding carboxylic acids is 1. The summed E-state index contributed by atoms with van der Waals surface area (Å²) in [5.74, 6) is -0.366. The summed E-state index contributed by atoms with van der Waals surface area (Å²) < 4.78 is 4.97. The van der Waals surface area contributed by atoms with Gasteiger partial charge in [0.15, 0.2) is 0 Å². The lowest BCUT2D eigenvalue weighted by atomic mass is 10.0. The average Bonchev–Trinajstić information content (AvgIpc) is 2.46. The van der Waals surface area contributed by atoms with Crippen LogP contribution in [0.1, 0.15) is 29.4 Å². The Morgan fingerprint density at radius 1 is 1.24 bits per heavy atom. The van der Waals surface area contributed by atoms with Crippen molar-refractivity contribution in [1.29, 1.82) is 0 Å². The van der Waals surface area contributed by atoms with Gasteiger partial charge in [0.25, 0.3) is 0 Å². The van der Waals surface area contributed by atoms with E-state index in [1.807, 2.05) is 6.07 Å². The van der Waals surface area contributed by atoms with Crippen molar-refractivity contribution in [2.24, 2.45) is 0 Å². The van der Waals surface area contributed by atoms with Crippen molar-refractivity contribution in [3.8, 4) is 0 Å². The van der Waals surface area contributed by atoms with E-state index < -0.39 is 0 Å². The third-order valence-electron chi connectivity index (χ3n) is 3.34. The van der Waals surface area contributed by atoms with Crippen LogP contribution in [-0.4, -0.2) is 43.1 Å². The first-order valence-corrected chi connectivity index (χ1v) is 7.30. The van der Waals surface area contributed by atoms with E-state index in [1.165, 1.54) is 5.56 Å². The Morgan fingerprint density at radius 2 is 2.05 bits per heavy atom. The fraction of sp³-hybridized carbons (Fsp3) is 0.412. The van der Waals surface area contributed by atoms with Gasteiger partial charge in [-0.05, 0) is 63.5 Å². The number of carbonyl (C=O) groups is 1. The third-order valence-corrected chi connectivity index (χ3v) is 3.34. The van der Waals surface area contributed by atoms with E-state index in [0.29, 0.717) is 12.3 Å². The van der Waals surface area contributed by atoms with Crippen LogP contribution in [0.3, 0.4) is 0 Å². The fourth-order valence-electron chi connectivity index (χ4n) is 2.26. The van der Waals surface area contributed by atoms with Gasteiger partial charge in [0, 0.05) is 11.6 Å². The number of hydrogen-bond donors (Lipinski definition) is 0. The molecule has 0 aliphatic carbocycles. The molecule has 0 radical (unpaired) electrons. The Morgan fingerprint density at radius 3 is 2.76 bits per heavy atom. The maximum absolute atomic E-state index is 11.7. The van der Waals surface area contributed by atoms with Crippen molar-refractivity contribution >= 4 is 16.7 Å². The molecule has 1 heterocycles. The topological polar surface area (TPSA) is 42.4 Å². The van der Waals surface area contributed by atoms with Crippen molar-refractivity contribution in [3.63, 3.8) is 0 Å². The quantitative estimate of drug-likeness (QED) is 0.766. The number of fused-ring (bicyclic) bond motifs is 1. The summed E-state index contributed by atoms with van der Waals surface area (Å²) >= 11 is 0. The lowest BCUT2D eigenvalue weighted by molar-refractivity contribution is 0.0520. The lowest BCUT2D eigenvalue weighted by Gasteiger charge is -2.09. The summed E-state index contributed by atoms with van der Waals surface area (Å²) in [6.45, 7) is 3.24. The van der Waals surface area contributed by atoms with E-state index in [1.54, 1.807) is 19.2 Å². The van der Waals surface area contributed by atoms with Crippen molar-refractivity contribution in [2.45, 2.75) is 19.8 Å². The highest BCUT2D eigenvalue weighted by Gasteiger charge is 2.09. The smallest absolute Gasteiger partial charge is 0.356 e. The molecule has 0 N–H and O–H groups in total. The Bertz CT molecular complexity index is 623. The van der Waals surface area contributed by atoms with Gasteiger partial charge in [0.05, 0.1) is 6.61 Å². The van der Waals surface area contributed by atoms with Crippen LogP contribution in [-0.2, 0) is 11.2 Å². The van der Waals surface area contributed by atoms with Gasteiger partial charge in [-0.2, -0.15) is 0 Å². The van der Waals surface area contributed by atoms with E-state index in [4.69, 9.17) is 4.74 Å². The van der Waals surface area contributed by atoms with Gasteiger partial charge in [0.2, 0.25) is 0 Å². The number of esters is 1. The van der Waals surface area contributed by atoms with Gasteiger partial charge >= 0.3 is 5.97 Å². The van der Waals surface area contributed by atoms with E-state index >= 15 is 0 Å². The highest BCUT2D eigenvalue weighted by molar-refractivity contribution is 5.93. The van der Waals surface area contributed by atoms with Gasteiger partial charge in [-0.25, -0.2) is 9.78 Å². The molecular formula is C17H22N2O2. The second kappa shape index (κ2) is 7.18. The molecular weight excluding hydrogens is 264 g/mol. The number of benzene rings is 1. The first-order valence-electron chi connectivity index (χ1n) is 7.30. The maximum Gasteiger partial charge on any atom is 0.356 e. The average molecular weight is 286 g/mol. The Labute approximate surface area is 125 Å². The van der Waals surface area contributed by atoms with Crippen LogP contribution >= 0.6 is 0 Å². The second-order valence-electron chi connectivity index (χ2n) is 5.38. The molecule has 4 heteroatoms. The first kappa shape index (κ1) is 15.4. The van der Waals surface area contributed by atoms with Crippen molar-refractivity contribution in [2.75, 3.05) is 27.2 Å². The number of nitrogens with zero attached hydrogens (tertiary/aromatic N) is 2. The first-order chi connectivity index (χ1) is 10.1. The van der Waals surface area contributed by atoms with Crippen LogP contribution in [0, 0.1) is 0 Å². The van der Waals surface area contributed by atoms with Gasteiger partial charge in [-0.3, -0.25) is 0 Å². The Balaban J connectivity index is 2.13. The van der Waals surface area contributed by atoms with Crippen LogP contribution in [0.5, 0.6) is 0 Å². The number of rotatable bonds is 6. The standard InChI is InChI=1S/C17H22N2O2/c1-4-21-17(20)16-11-14-8-7-13(6-5-9-19(2)3)10-15(14)12-18-16/h7-8,10-12H,4-6,9H2,1-3H3. The fourth-order valence-corrected chi connectivity index (χ4v) is 2.26. The molecule has 1 aromatic carbocycles. The summed E-state index contributed by atoms with van der Waals surface area (Å²) in [6, 6.07) is 8.10. The normalized spacial score (nSPS) is 11.0. The molecule has 0 aliphatic heterocycles. The molecule has 2 rings (SSSR count). The summed E-state index contributed by atoms with van der Waals surface area (Å²) in [5, 5.41) is 2.08. The van der Waals surface area contributed by atoms with Crippen molar-refractivity contribution in [1.82, 2.24) is 9.88 Å². The van der Waals surface area contributed by atoms with Crippen molar-refractivity contribution < 1.29 is 9.53 Å². The highest BCUT2D eigenvalue weighted by Crippen LogP contribution is 2.17. The van der Waals surface area contributed by atoms with Gasteiger partial charge in [-0.1, -0.05) is 12.1 Å². The summed E-state index contributed by atoms with van der Waals surface area (Å²) in [4.78, 5) is 18.1. The van der Waals surface area contributed by atoms with Crippen LogP contribution in [0.4, 0.5) is 0 Å². The van der Waals surface area contributed by atoms with E-state index in [9.17, 15) is 4.79 Å². The highest BCUT2D eigenvalue weighted by atomic mass is 16.5. The molecule has 0 saturated carbocycles. The molecule has 0 unspecified atom stereocenters. The minimum Gasteiger partial charge on any atom is -0.461 e. The van der Waals surface area contributed by atoms with E-state index in [0.717, 1.165) is 30.2 Å². The third kappa shape index (κ3) is 4.26. The summed E-state index contributed by atoms with van der Waals surface area (Å²) in [5.41, 5.74) is 1.67. The molecule has 0 bridgehead atoms. The second-order valence-corrected chi connectivity index (χ2v) is 5.38. The SMILES string of the molecule is CCOC(=O)c1cc2ccc(CCCN(C)C)cc2cn1. The van der Waals surface area contributed by atoms with Crippen molar-refractivity contribution in [3.05, 3.63) is 41.7 Å². The van der Waals surface area contributed by atoms with E-state index in [2.05, 4.69) is 36.1 Å². The van der Waals surface area contributed by atoms with Gasteiger partial charge in [0.1, 0.15) is 5.69 Å². The summed E-state index contributed by atoms with van der Waals surface area (Å²) in [7, 11) is 4.17. The molecule has 2 aromatic rings. The molecule has 1 aromatic heterocycles. The molecule has 112 valence electrons. The number of aromatic nitrogens is 1. The zero-order valence-electron chi connectivity index (χ0n) is 12.9. The van der Waals surface area contributed by atoms with Crippen LogP contribution in [0.25, 0.3) is 10.8 Å².